The van der Waals surface area contributed by atoms with Gasteiger partial charge in [-0.2, -0.15) is 0 Å². The normalized spacial score (nSPS) is 16.2. The summed E-state index contributed by atoms with van der Waals surface area (Å²) in [5, 5.41) is 1.28. The first kappa shape index (κ1) is 21.3. The van der Waals surface area contributed by atoms with Crippen molar-refractivity contribution in [3.63, 3.8) is 0 Å². The third kappa shape index (κ3) is 4.38. The van der Waals surface area contributed by atoms with Crippen LogP contribution in [-0.4, -0.2) is 11.1 Å². The highest BCUT2D eigenvalue weighted by Gasteiger charge is 2.35. The topological polar surface area (TPSA) is 45.8 Å². The Morgan fingerprint density at radius 2 is 1.64 bits per heavy atom. The first-order chi connectivity index (χ1) is 16.1. The van der Waals surface area contributed by atoms with E-state index < -0.39 is 0 Å². The van der Waals surface area contributed by atoms with Gasteiger partial charge >= 0.3 is 0 Å². The molecular weight excluding hydrogens is 452 g/mol. The summed E-state index contributed by atoms with van der Waals surface area (Å²) >= 11 is 7.59. The van der Waals surface area contributed by atoms with E-state index in [-0.39, 0.29) is 5.91 Å². The predicted molar refractivity (Wildman–Crippen MR) is 137 cm³/mol. The van der Waals surface area contributed by atoms with Crippen molar-refractivity contribution in [2.45, 2.75) is 6.92 Å². The van der Waals surface area contributed by atoms with Crippen LogP contribution < -0.4 is 4.90 Å². The zero-order valence-electron chi connectivity index (χ0n) is 17.7. The molecule has 1 aliphatic heterocycles. The van der Waals surface area contributed by atoms with E-state index in [9.17, 15) is 4.79 Å². The summed E-state index contributed by atoms with van der Waals surface area (Å²) in [6.45, 7) is 1.96. The van der Waals surface area contributed by atoms with Crippen LogP contribution in [0, 0.1) is 6.92 Å². The van der Waals surface area contributed by atoms with Gasteiger partial charge in [-0.3, -0.25) is 9.69 Å². The number of amidine groups is 1. The molecule has 1 fully saturated rings. The number of benzene rings is 3. The fourth-order valence-corrected chi connectivity index (χ4v) is 4.70. The highest BCUT2D eigenvalue weighted by Crippen LogP contribution is 2.38. The smallest absolute Gasteiger partial charge is 0.271 e. The number of thioether (sulfide) groups is 1. The van der Waals surface area contributed by atoms with Crippen molar-refractivity contribution in [1.82, 2.24) is 0 Å². The van der Waals surface area contributed by atoms with Crippen LogP contribution in [0.2, 0.25) is 5.02 Å². The van der Waals surface area contributed by atoms with E-state index in [1.807, 2.05) is 97.9 Å². The Hall–Kier alpha value is -3.54. The van der Waals surface area contributed by atoms with Crippen LogP contribution in [0.25, 0.3) is 17.4 Å². The molecule has 162 valence electrons. The quantitative estimate of drug-likeness (QED) is 0.287. The Kier molecular flexibility index (Phi) is 5.90. The van der Waals surface area contributed by atoms with E-state index in [0.717, 1.165) is 22.5 Å². The van der Waals surface area contributed by atoms with Crippen molar-refractivity contribution in [2.75, 3.05) is 4.90 Å². The summed E-state index contributed by atoms with van der Waals surface area (Å²) in [6, 6.07) is 28.6. The number of hydrogen-bond acceptors (Lipinski definition) is 4. The Balaban J connectivity index is 1.51. The molecule has 4 nitrogen and oxygen atoms in total. The Morgan fingerprint density at radius 3 is 2.39 bits per heavy atom. The van der Waals surface area contributed by atoms with Gasteiger partial charge in [-0.25, -0.2) is 4.99 Å². The molecule has 1 aromatic heterocycles. The van der Waals surface area contributed by atoms with Gasteiger partial charge in [0.1, 0.15) is 11.5 Å². The number of nitrogens with zero attached hydrogens (tertiary/aromatic N) is 2. The van der Waals surface area contributed by atoms with Gasteiger partial charge in [-0.1, -0.05) is 60.1 Å². The van der Waals surface area contributed by atoms with Gasteiger partial charge in [-0.15, -0.1) is 0 Å². The van der Waals surface area contributed by atoms with Crippen molar-refractivity contribution < 1.29 is 9.21 Å². The van der Waals surface area contributed by atoms with Crippen molar-refractivity contribution in [1.29, 1.82) is 0 Å². The van der Waals surface area contributed by atoms with Crippen LogP contribution >= 0.6 is 23.4 Å². The van der Waals surface area contributed by atoms with Gasteiger partial charge < -0.3 is 4.42 Å². The van der Waals surface area contributed by atoms with Gasteiger partial charge in [0.25, 0.3) is 5.91 Å². The molecule has 1 amide bonds. The lowest BCUT2D eigenvalue weighted by atomic mass is 10.1. The molecule has 0 aliphatic carbocycles. The zero-order chi connectivity index (χ0) is 22.8. The molecular formula is C27H19ClN2O2S. The van der Waals surface area contributed by atoms with Gasteiger partial charge in [0.15, 0.2) is 5.17 Å². The third-order valence-corrected chi connectivity index (χ3v) is 6.61. The third-order valence-electron chi connectivity index (χ3n) is 5.24. The highest BCUT2D eigenvalue weighted by atomic mass is 35.5. The van der Waals surface area contributed by atoms with Crippen molar-refractivity contribution in [3.05, 3.63) is 112 Å². The number of furan rings is 1. The van der Waals surface area contributed by atoms with Crippen LogP contribution in [0.5, 0.6) is 0 Å². The van der Waals surface area contributed by atoms with Gasteiger partial charge in [0.05, 0.1) is 16.3 Å². The number of halogens is 1. The Morgan fingerprint density at radius 1 is 0.909 bits per heavy atom. The number of amides is 1. The molecule has 2 heterocycles. The van der Waals surface area contributed by atoms with Crippen LogP contribution in [0.3, 0.4) is 0 Å². The molecule has 1 saturated heterocycles. The lowest BCUT2D eigenvalue weighted by Gasteiger charge is -2.15. The fraction of sp³-hybridized carbons (Fsp3) is 0.0370. The number of hydrogen-bond donors (Lipinski definition) is 0. The summed E-state index contributed by atoms with van der Waals surface area (Å²) in [6.07, 6.45) is 1.76. The number of aliphatic imine (C=N–C) groups is 1. The molecule has 0 N–H and O–H groups in total. The summed E-state index contributed by atoms with van der Waals surface area (Å²) in [7, 11) is 0. The lowest BCUT2D eigenvalue weighted by Crippen LogP contribution is -2.28. The molecule has 6 heteroatoms. The number of anilines is 1. The van der Waals surface area contributed by atoms with Crippen LogP contribution in [0.4, 0.5) is 11.4 Å². The SMILES string of the molecule is Cc1c(Cl)cccc1-c1ccc(/C=C2\SC(=Nc3ccccc3)N(c3ccccc3)C2=O)o1. The van der Waals surface area contributed by atoms with E-state index in [1.165, 1.54) is 11.8 Å². The van der Waals surface area contributed by atoms with E-state index in [4.69, 9.17) is 21.0 Å². The van der Waals surface area contributed by atoms with E-state index in [1.54, 1.807) is 11.0 Å². The molecule has 1 aliphatic rings. The average Bonchev–Trinajstić information content (AvgIpc) is 3.41. The monoisotopic (exact) mass is 470 g/mol. The molecule has 0 bridgehead atoms. The van der Waals surface area contributed by atoms with Crippen LogP contribution in [0.1, 0.15) is 11.3 Å². The fourth-order valence-electron chi connectivity index (χ4n) is 3.55. The number of para-hydroxylation sites is 2. The van der Waals surface area contributed by atoms with Crippen molar-refractivity contribution >= 4 is 51.9 Å². The number of carbonyl (C=O) groups excluding carboxylic acids is 1. The van der Waals surface area contributed by atoms with Crippen LogP contribution in [0.15, 0.2) is 105 Å². The van der Waals surface area contributed by atoms with Crippen molar-refractivity contribution in [2.24, 2.45) is 4.99 Å². The molecule has 4 aromatic rings. The largest absolute Gasteiger partial charge is 0.457 e. The zero-order valence-corrected chi connectivity index (χ0v) is 19.3. The molecule has 0 saturated carbocycles. The summed E-state index contributed by atoms with van der Waals surface area (Å²) < 4.78 is 6.05. The van der Waals surface area contributed by atoms with E-state index in [0.29, 0.717) is 26.6 Å². The summed E-state index contributed by atoms with van der Waals surface area (Å²) in [5.74, 6) is 1.15. The minimum Gasteiger partial charge on any atom is -0.457 e. The maximum atomic E-state index is 13.4. The van der Waals surface area contributed by atoms with Crippen molar-refractivity contribution in [3.8, 4) is 11.3 Å². The molecule has 0 radical (unpaired) electrons. The Labute approximate surface area is 201 Å². The van der Waals surface area contributed by atoms with Crippen LogP contribution in [-0.2, 0) is 4.79 Å². The van der Waals surface area contributed by atoms with Gasteiger partial charge in [-0.05, 0) is 66.7 Å². The molecule has 0 unspecified atom stereocenters. The summed E-state index contributed by atoms with van der Waals surface area (Å²) in [4.78, 5) is 20.3. The predicted octanol–water partition coefficient (Wildman–Crippen LogP) is 7.72. The first-order valence-electron chi connectivity index (χ1n) is 10.4. The maximum absolute atomic E-state index is 13.4. The highest BCUT2D eigenvalue weighted by molar-refractivity contribution is 8.19. The molecule has 33 heavy (non-hydrogen) atoms. The maximum Gasteiger partial charge on any atom is 0.271 e. The van der Waals surface area contributed by atoms with Gasteiger partial charge in [0.2, 0.25) is 0 Å². The lowest BCUT2D eigenvalue weighted by molar-refractivity contribution is -0.113. The number of carbonyl (C=O) groups is 1. The Bertz CT molecular complexity index is 1380. The molecule has 0 atom stereocenters. The average molecular weight is 471 g/mol. The molecule has 3 aromatic carbocycles. The van der Waals surface area contributed by atoms with E-state index >= 15 is 0 Å². The standard InChI is InChI=1S/C27H19ClN2O2S/c1-18-22(13-8-14-23(18)28)24-16-15-21(32-24)17-25-26(31)30(20-11-6-3-7-12-20)27(33-25)29-19-9-4-2-5-10-19/h2-17H,1H3/b25-17-,29-27?. The number of rotatable bonds is 4. The van der Waals surface area contributed by atoms with Gasteiger partial charge in [0, 0.05) is 16.7 Å². The minimum absolute atomic E-state index is 0.141. The summed E-state index contributed by atoms with van der Waals surface area (Å²) in [5.41, 5.74) is 3.43. The molecule has 5 rings (SSSR count). The first-order valence-corrected chi connectivity index (χ1v) is 11.6. The second-order valence-corrected chi connectivity index (χ2v) is 8.85. The molecule has 0 spiro atoms. The minimum atomic E-state index is -0.141. The van der Waals surface area contributed by atoms with E-state index in [2.05, 4.69) is 0 Å². The second-order valence-electron chi connectivity index (χ2n) is 7.43. The second kappa shape index (κ2) is 9.14.